The summed E-state index contributed by atoms with van der Waals surface area (Å²) in [7, 11) is -3.78. The number of rotatable bonds is 4. The quantitative estimate of drug-likeness (QED) is 0.763. The SMILES string of the molecule is NC(=S)c1ccc(S(=O)(=O)Nc2cccc(Cl)c2Br)cn1. The van der Waals surface area contributed by atoms with Gasteiger partial charge in [-0.1, -0.05) is 29.9 Å². The number of aromatic nitrogens is 1. The van der Waals surface area contributed by atoms with Gasteiger partial charge in [-0.3, -0.25) is 9.71 Å². The molecule has 0 atom stereocenters. The number of nitrogens with two attached hydrogens (primary N) is 1. The number of thiocarbonyl (C=S) groups is 1. The number of hydrogen-bond acceptors (Lipinski definition) is 4. The summed E-state index contributed by atoms with van der Waals surface area (Å²) in [6.45, 7) is 0. The maximum absolute atomic E-state index is 12.3. The third kappa shape index (κ3) is 3.70. The Kier molecular flexibility index (Phi) is 4.82. The fourth-order valence-corrected chi connectivity index (χ4v) is 3.28. The lowest BCUT2D eigenvalue weighted by Gasteiger charge is -2.10. The van der Waals surface area contributed by atoms with Gasteiger partial charge in [-0.2, -0.15) is 0 Å². The van der Waals surface area contributed by atoms with Crippen molar-refractivity contribution in [3.63, 3.8) is 0 Å². The van der Waals surface area contributed by atoms with Crippen molar-refractivity contribution in [1.82, 2.24) is 4.98 Å². The first-order chi connectivity index (χ1) is 9.81. The molecular weight excluding hydrogens is 398 g/mol. The van der Waals surface area contributed by atoms with Crippen LogP contribution < -0.4 is 10.5 Å². The lowest BCUT2D eigenvalue weighted by atomic mass is 10.3. The normalized spacial score (nSPS) is 11.1. The predicted molar refractivity (Wildman–Crippen MR) is 90.1 cm³/mol. The minimum atomic E-state index is -3.78. The molecule has 3 N–H and O–H groups in total. The van der Waals surface area contributed by atoms with Crippen molar-refractivity contribution in [2.75, 3.05) is 4.72 Å². The fraction of sp³-hybridized carbons (Fsp3) is 0. The van der Waals surface area contributed by atoms with E-state index in [2.05, 4.69) is 25.6 Å². The summed E-state index contributed by atoms with van der Waals surface area (Å²) in [5.41, 5.74) is 6.10. The standard InChI is InChI=1S/C12H9BrClN3O2S2/c13-11-8(14)2-1-3-9(11)17-21(18,19)7-4-5-10(12(15)20)16-6-7/h1-6,17H,(H2,15,20). The fourth-order valence-electron chi connectivity index (χ4n) is 1.47. The van der Waals surface area contributed by atoms with Gasteiger partial charge in [0, 0.05) is 6.20 Å². The highest BCUT2D eigenvalue weighted by Gasteiger charge is 2.17. The van der Waals surface area contributed by atoms with Crippen LogP contribution in [0.4, 0.5) is 5.69 Å². The molecule has 1 aromatic heterocycles. The van der Waals surface area contributed by atoms with Gasteiger partial charge < -0.3 is 5.73 Å². The highest BCUT2D eigenvalue weighted by Crippen LogP contribution is 2.31. The van der Waals surface area contributed by atoms with E-state index in [1.165, 1.54) is 18.3 Å². The van der Waals surface area contributed by atoms with Crippen molar-refractivity contribution in [1.29, 1.82) is 0 Å². The van der Waals surface area contributed by atoms with Gasteiger partial charge in [0.05, 0.1) is 20.9 Å². The first-order valence-corrected chi connectivity index (χ1v) is 8.60. The summed E-state index contributed by atoms with van der Waals surface area (Å²) >= 11 is 13.9. The lowest BCUT2D eigenvalue weighted by Crippen LogP contribution is -2.15. The topological polar surface area (TPSA) is 85.1 Å². The van der Waals surface area contributed by atoms with Gasteiger partial charge in [-0.15, -0.1) is 0 Å². The first-order valence-electron chi connectivity index (χ1n) is 5.54. The van der Waals surface area contributed by atoms with Crippen LogP contribution in [0.2, 0.25) is 5.02 Å². The Bertz CT molecular complexity index is 795. The van der Waals surface area contributed by atoms with Gasteiger partial charge >= 0.3 is 0 Å². The molecule has 0 spiro atoms. The minimum Gasteiger partial charge on any atom is -0.388 e. The predicted octanol–water partition coefficient (Wildman–Crippen LogP) is 2.93. The smallest absolute Gasteiger partial charge is 0.263 e. The van der Waals surface area contributed by atoms with E-state index >= 15 is 0 Å². The van der Waals surface area contributed by atoms with Crippen LogP contribution >= 0.6 is 39.7 Å². The first kappa shape index (κ1) is 16.2. The van der Waals surface area contributed by atoms with Crippen LogP contribution in [0.1, 0.15) is 5.69 Å². The van der Waals surface area contributed by atoms with Gasteiger partial charge in [-0.25, -0.2) is 8.42 Å². The molecule has 0 bridgehead atoms. The molecule has 0 aliphatic carbocycles. The van der Waals surface area contributed by atoms with Crippen molar-refractivity contribution in [2.45, 2.75) is 4.90 Å². The summed E-state index contributed by atoms with van der Waals surface area (Å²) in [5, 5.41) is 0.400. The Morgan fingerprint density at radius 1 is 1.33 bits per heavy atom. The molecule has 0 aliphatic heterocycles. The Morgan fingerprint density at radius 3 is 2.62 bits per heavy atom. The van der Waals surface area contributed by atoms with Gasteiger partial charge in [0.1, 0.15) is 9.88 Å². The average molecular weight is 407 g/mol. The van der Waals surface area contributed by atoms with Crippen LogP contribution in [0.5, 0.6) is 0 Å². The summed E-state index contributed by atoms with van der Waals surface area (Å²) in [6.07, 6.45) is 1.19. The van der Waals surface area contributed by atoms with E-state index in [4.69, 9.17) is 29.6 Å². The molecule has 1 aromatic carbocycles. The molecule has 0 fully saturated rings. The molecule has 5 nitrogen and oxygen atoms in total. The van der Waals surface area contributed by atoms with Crippen LogP contribution in [-0.4, -0.2) is 18.4 Å². The zero-order valence-corrected chi connectivity index (χ0v) is 14.4. The molecule has 2 rings (SSSR count). The molecule has 9 heteroatoms. The van der Waals surface area contributed by atoms with Crippen LogP contribution in [0.25, 0.3) is 0 Å². The van der Waals surface area contributed by atoms with Crippen LogP contribution in [0.15, 0.2) is 45.9 Å². The lowest BCUT2D eigenvalue weighted by molar-refractivity contribution is 0.601. The Morgan fingerprint density at radius 2 is 2.05 bits per heavy atom. The molecule has 1 heterocycles. The van der Waals surface area contributed by atoms with Crippen molar-refractivity contribution >= 4 is 60.4 Å². The molecule has 21 heavy (non-hydrogen) atoms. The van der Waals surface area contributed by atoms with Crippen LogP contribution in [-0.2, 0) is 10.0 Å². The molecular formula is C12H9BrClN3O2S2. The molecule has 2 aromatic rings. The minimum absolute atomic E-state index is 0.00521. The van der Waals surface area contributed by atoms with Crippen molar-refractivity contribution in [2.24, 2.45) is 5.73 Å². The molecule has 0 saturated carbocycles. The summed E-state index contributed by atoms with van der Waals surface area (Å²) in [5.74, 6) is 0. The largest absolute Gasteiger partial charge is 0.388 e. The van der Waals surface area contributed by atoms with Gasteiger partial charge in [0.25, 0.3) is 10.0 Å². The number of pyridine rings is 1. The number of nitrogens with one attached hydrogen (secondary N) is 1. The summed E-state index contributed by atoms with van der Waals surface area (Å²) in [6, 6.07) is 7.69. The zero-order chi connectivity index (χ0) is 15.6. The second kappa shape index (κ2) is 6.27. The number of halogens is 2. The Hall–Kier alpha value is -1.22. The highest BCUT2D eigenvalue weighted by atomic mass is 79.9. The van der Waals surface area contributed by atoms with E-state index in [0.717, 1.165) is 0 Å². The van der Waals surface area contributed by atoms with Crippen molar-refractivity contribution < 1.29 is 8.42 Å². The molecule has 0 radical (unpaired) electrons. The van der Waals surface area contributed by atoms with Gasteiger partial charge in [0.2, 0.25) is 0 Å². The summed E-state index contributed by atoms with van der Waals surface area (Å²) in [4.78, 5) is 4.00. The van der Waals surface area contributed by atoms with E-state index in [9.17, 15) is 8.42 Å². The molecule has 0 amide bonds. The monoisotopic (exact) mass is 405 g/mol. The maximum atomic E-state index is 12.3. The Labute approximate surface area is 140 Å². The van der Waals surface area contributed by atoms with E-state index in [1.54, 1.807) is 18.2 Å². The second-order valence-electron chi connectivity index (χ2n) is 3.95. The van der Waals surface area contributed by atoms with Crippen molar-refractivity contribution in [3.8, 4) is 0 Å². The van der Waals surface area contributed by atoms with Crippen LogP contribution in [0.3, 0.4) is 0 Å². The average Bonchev–Trinajstić information content (AvgIpc) is 2.44. The molecule has 0 unspecified atom stereocenters. The van der Waals surface area contributed by atoms with Gasteiger partial charge in [0.15, 0.2) is 0 Å². The van der Waals surface area contributed by atoms with E-state index in [1.807, 2.05) is 0 Å². The number of benzene rings is 1. The third-order valence-electron chi connectivity index (χ3n) is 2.50. The number of hydrogen-bond donors (Lipinski definition) is 2. The Balaban J connectivity index is 2.34. The third-order valence-corrected chi connectivity index (χ3v) is 5.45. The molecule has 110 valence electrons. The maximum Gasteiger partial charge on any atom is 0.263 e. The van der Waals surface area contributed by atoms with E-state index in [0.29, 0.717) is 20.9 Å². The molecule has 0 saturated heterocycles. The van der Waals surface area contributed by atoms with E-state index in [-0.39, 0.29) is 9.88 Å². The highest BCUT2D eigenvalue weighted by molar-refractivity contribution is 9.10. The second-order valence-corrected chi connectivity index (χ2v) is 7.27. The zero-order valence-electron chi connectivity index (χ0n) is 10.4. The number of sulfonamides is 1. The number of nitrogens with zero attached hydrogens (tertiary/aromatic N) is 1. The number of anilines is 1. The summed E-state index contributed by atoms with van der Waals surface area (Å²) < 4.78 is 27.4. The van der Waals surface area contributed by atoms with Crippen molar-refractivity contribution in [3.05, 3.63) is 51.7 Å². The van der Waals surface area contributed by atoms with E-state index < -0.39 is 10.0 Å². The molecule has 0 aliphatic rings. The van der Waals surface area contributed by atoms with Crippen LogP contribution in [0, 0.1) is 0 Å². The van der Waals surface area contributed by atoms with Gasteiger partial charge in [-0.05, 0) is 40.2 Å².